The van der Waals surface area contributed by atoms with E-state index in [1.807, 2.05) is 6.07 Å². The molecular weight excluding hydrogens is 236 g/mol. The second kappa shape index (κ2) is 5.69. The van der Waals surface area contributed by atoms with Crippen LogP contribution in [0, 0.1) is 5.92 Å². The van der Waals surface area contributed by atoms with Crippen LogP contribution in [0.2, 0.25) is 5.02 Å². The van der Waals surface area contributed by atoms with Gasteiger partial charge in [-0.2, -0.15) is 0 Å². The maximum atomic E-state index is 5.97. The molecule has 3 nitrogen and oxygen atoms in total. The summed E-state index contributed by atoms with van der Waals surface area (Å²) in [6.45, 7) is 2.65. The van der Waals surface area contributed by atoms with E-state index in [1.54, 1.807) is 6.20 Å². The van der Waals surface area contributed by atoms with Gasteiger partial charge in [0.15, 0.2) is 0 Å². The Labute approximate surface area is 107 Å². The fourth-order valence-electron chi connectivity index (χ4n) is 2.29. The van der Waals surface area contributed by atoms with Gasteiger partial charge in [0.1, 0.15) is 6.10 Å². The Bertz CT molecular complexity index is 384. The van der Waals surface area contributed by atoms with Gasteiger partial charge in [-0.15, -0.1) is 0 Å². The molecule has 2 unspecified atom stereocenters. The highest BCUT2D eigenvalue weighted by atomic mass is 35.5. The molecule has 2 N–H and O–H groups in total. The minimum absolute atomic E-state index is 0.281. The predicted octanol–water partition coefficient (Wildman–Crippen LogP) is 3.15. The van der Waals surface area contributed by atoms with Crippen molar-refractivity contribution in [1.82, 2.24) is 4.98 Å². The Morgan fingerprint density at radius 2 is 2.24 bits per heavy atom. The van der Waals surface area contributed by atoms with Gasteiger partial charge in [0.2, 0.25) is 5.88 Å². The van der Waals surface area contributed by atoms with E-state index in [2.05, 4.69) is 11.9 Å². The van der Waals surface area contributed by atoms with E-state index < -0.39 is 0 Å². The molecule has 94 valence electrons. The Balaban J connectivity index is 2.07. The van der Waals surface area contributed by atoms with Crippen LogP contribution in [0.4, 0.5) is 0 Å². The molecular formula is C13H19ClN2O. The molecule has 1 heterocycles. The molecule has 0 amide bonds. The molecule has 1 aliphatic carbocycles. The first kappa shape index (κ1) is 12.7. The van der Waals surface area contributed by atoms with Gasteiger partial charge < -0.3 is 10.5 Å². The van der Waals surface area contributed by atoms with Crippen LogP contribution < -0.4 is 10.5 Å². The maximum absolute atomic E-state index is 5.97. The molecule has 2 rings (SSSR count). The summed E-state index contributed by atoms with van der Waals surface area (Å²) < 4.78 is 5.94. The zero-order valence-electron chi connectivity index (χ0n) is 10.2. The van der Waals surface area contributed by atoms with Crippen molar-refractivity contribution in [1.29, 1.82) is 0 Å². The number of pyridine rings is 1. The average Bonchev–Trinajstić information content (AvgIpc) is 2.34. The van der Waals surface area contributed by atoms with Crippen LogP contribution in [0.3, 0.4) is 0 Å². The van der Waals surface area contributed by atoms with Crippen LogP contribution in [0.15, 0.2) is 12.3 Å². The molecule has 0 radical (unpaired) electrons. The first-order valence-corrected chi connectivity index (χ1v) is 6.59. The second-order valence-corrected chi connectivity index (χ2v) is 5.14. The van der Waals surface area contributed by atoms with Crippen molar-refractivity contribution in [3.8, 4) is 5.88 Å². The summed E-state index contributed by atoms with van der Waals surface area (Å²) in [6, 6.07) is 1.85. The largest absolute Gasteiger partial charge is 0.474 e. The molecule has 1 fully saturated rings. The van der Waals surface area contributed by atoms with E-state index in [9.17, 15) is 0 Å². The number of ether oxygens (including phenoxy) is 1. The van der Waals surface area contributed by atoms with Crippen molar-refractivity contribution in [3.05, 3.63) is 22.8 Å². The van der Waals surface area contributed by atoms with E-state index in [0.717, 1.165) is 12.0 Å². The average molecular weight is 255 g/mol. The molecule has 17 heavy (non-hydrogen) atoms. The standard InChI is InChI=1S/C13H19ClN2O/c1-9-4-2-3-5-12(9)17-13-6-10(7-15)11(14)8-16-13/h6,8-9,12H,2-5,7,15H2,1H3. The third kappa shape index (κ3) is 3.11. The van der Waals surface area contributed by atoms with E-state index in [1.165, 1.54) is 19.3 Å². The molecule has 1 aromatic heterocycles. The molecule has 1 aliphatic rings. The summed E-state index contributed by atoms with van der Waals surface area (Å²) in [7, 11) is 0. The number of nitrogens with two attached hydrogens (primary N) is 1. The van der Waals surface area contributed by atoms with Crippen molar-refractivity contribution in [2.75, 3.05) is 0 Å². The van der Waals surface area contributed by atoms with Crippen LogP contribution in [0.25, 0.3) is 0 Å². The lowest BCUT2D eigenvalue weighted by Gasteiger charge is -2.28. The quantitative estimate of drug-likeness (QED) is 0.902. The van der Waals surface area contributed by atoms with Gasteiger partial charge in [-0.1, -0.05) is 24.9 Å². The van der Waals surface area contributed by atoms with Gasteiger partial charge in [0.05, 0.1) is 5.02 Å². The zero-order chi connectivity index (χ0) is 12.3. The van der Waals surface area contributed by atoms with E-state index >= 15 is 0 Å². The van der Waals surface area contributed by atoms with Crippen LogP contribution in [0.1, 0.15) is 38.2 Å². The Morgan fingerprint density at radius 3 is 2.94 bits per heavy atom. The van der Waals surface area contributed by atoms with Crippen molar-refractivity contribution in [3.63, 3.8) is 0 Å². The first-order chi connectivity index (χ1) is 8.20. The normalized spacial score (nSPS) is 24.6. The van der Waals surface area contributed by atoms with Crippen LogP contribution in [-0.2, 0) is 6.54 Å². The topological polar surface area (TPSA) is 48.1 Å². The van der Waals surface area contributed by atoms with Crippen molar-refractivity contribution in [2.24, 2.45) is 11.7 Å². The maximum Gasteiger partial charge on any atom is 0.213 e. The zero-order valence-corrected chi connectivity index (χ0v) is 10.9. The van der Waals surface area contributed by atoms with Crippen molar-refractivity contribution < 1.29 is 4.74 Å². The van der Waals surface area contributed by atoms with Crippen molar-refractivity contribution >= 4 is 11.6 Å². The summed E-state index contributed by atoms with van der Waals surface area (Å²) >= 11 is 5.97. The summed E-state index contributed by atoms with van der Waals surface area (Å²) in [5.41, 5.74) is 6.50. The molecule has 0 spiro atoms. The van der Waals surface area contributed by atoms with E-state index in [4.69, 9.17) is 22.1 Å². The molecule has 0 aliphatic heterocycles. The fraction of sp³-hybridized carbons (Fsp3) is 0.615. The number of hydrogen-bond acceptors (Lipinski definition) is 3. The molecule has 4 heteroatoms. The number of nitrogens with zero attached hydrogens (tertiary/aromatic N) is 1. The summed E-state index contributed by atoms with van der Waals surface area (Å²) in [5, 5.41) is 0.608. The van der Waals surface area contributed by atoms with Gasteiger partial charge in [-0.25, -0.2) is 4.98 Å². The smallest absolute Gasteiger partial charge is 0.213 e. The third-order valence-corrected chi connectivity index (χ3v) is 3.77. The molecule has 0 aromatic carbocycles. The monoisotopic (exact) mass is 254 g/mol. The summed E-state index contributed by atoms with van der Waals surface area (Å²) in [5.74, 6) is 1.25. The lowest BCUT2D eigenvalue weighted by molar-refractivity contribution is 0.0975. The molecule has 0 bridgehead atoms. The number of rotatable bonds is 3. The number of aromatic nitrogens is 1. The van der Waals surface area contributed by atoms with E-state index in [-0.39, 0.29) is 6.10 Å². The first-order valence-electron chi connectivity index (χ1n) is 6.22. The Kier molecular flexibility index (Phi) is 4.24. The molecule has 0 saturated heterocycles. The van der Waals surface area contributed by atoms with Crippen LogP contribution in [0.5, 0.6) is 5.88 Å². The Hall–Kier alpha value is -0.800. The summed E-state index contributed by atoms with van der Waals surface area (Å²) in [4.78, 5) is 4.21. The highest BCUT2D eigenvalue weighted by Crippen LogP contribution is 2.28. The summed E-state index contributed by atoms with van der Waals surface area (Å²) in [6.07, 6.45) is 6.80. The second-order valence-electron chi connectivity index (χ2n) is 4.74. The molecule has 1 saturated carbocycles. The number of halogens is 1. The van der Waals surface area contributed by atoms with Crippen LogP contribution in [-0.4, -0.2) is 11.1 Å². The lowest BCUT2D eigenvalue weighted by Crippen LogP contribution is -2.28. The van der Waals surface area contributed by atoms with Gasteiger partial charge >= 0.3 is 0 Å². The van der Waals surface area contributed by atoms with Crippen LogP contribution >= 0.6 is 11.6 Å². The SMILES string of the molecule is CC1CCCCC1Oc1cc(CN)c(Cl)cn1. The van der Waals surface area contributed by atoms with E-state index in [0.29, 0.717) is 23.4 Å². The van der Waals surface area contributed by atoms with Crippen molar-refractivity contribution in [2.45, 2.75) is 45.3 Å². The highest BCUT2D eigenvalue weighted by molar-refractivity contribution is 6.31. The predicted molar refractivity (Wildman–Crippen MR) is 69.2 cm³/mol. The van der Waals surface area contributed by atoms with Gasteiger partial charge in [-0.3, -0.25) is 0 Å². The highest BCUT2D eigenvalue weighted by Gasteiger charge is 2.23. The third-order valence-electron chi connectivity index (χ3n) is 3.43. The minimum Gasteiger partial charge on any atom is -0.474 e. The van der Waals surface area contributed by atoms with Gasteiger partial charge in [0, 0.05) is 18.8 Å². The lowest BCUT2D eigenvalue weighted by atomic mass is 9.88. The minimum atomic E-state index is 0.281. The Morgan fingerprint density at radius 1 is 1.47 bits per heavy atom. The molecule has 1 aromatic rings. The number of hydrogen-bond donors (Lipinski definition) is 1. The van der Waals surface area contributed by atoms with Gasteiger partial charge in [-0.05, 0) is 30.7 Å². The fourth-order valence-corrected chi connectivity index (χ4v) is 2.47. The molecule has 2 atom stereocenters. The van der Waals surface area contributed by atoms with Gasteiger partial charge in [0.25, 0.3) is 0 Å².